The Morgan fingerprint density at radius 1 is 1.20 bits per heavy atom. The van der Waals surface area contributed by atoms with Crippen LogP contribution < -0.4 is 4.74 Å². The van der Waals surface area contributed by atoms with Gasteiger partial charge in [-0.1, -0.05) is 28.1 Å². The van der Waals surface area contributed by atoms with Gasteiger partial charge in [-0.25, -0.2) is 8.78 Å². The molecule has 0 aliphatic carbocycles. The van der Waals surface area contributed by atoms with Crippen LogP contribution in [0.5, 0.6) is 5.75 Å². The molecular formula is C15H13BrF2O2. The van der Waals surface area contributed by atoms with Gasteiger partial charge in [0.05, 0.1) is 11.7 Å². The first-order valence-electron chi connectivity index (χ1n) is 6.02. The fraction of sp³-hybridized carbons (Fsp3) is 0.200. The summed E-state index contributed by atoms with van der Waals surface area (Å²) in [5, 5.41) is 9.66. The lowest BCUT2D eigenvalue weighted by Gasteiger charge is -2.14. The molecule has 0 bridgehead atoms. The third-order valence-electron chi connectivity index (χ3n) is 2.86. The summed E-state index contributed by atoms with van der Waals surface area (Å²) < 4.78 is 33.2. The molecule has 0 heterocycles. The molecule has 0 fully saturated rings. The maximum atomic E-state index is 13.5. The smallest absolute Gasteiger partial charge is 0.132 e. The molecule has 0 aromatic heterocycles. The second-order valence-corrected chi connectivity index (χ2v) is 5.26. The van der Waals surface area contributed by atoms with E-state index in [1.54, 1.807) is 25.1 Å². The van der Waals surface area contributed by atoms with Gasteiger partial charge < -0.3 is 9.84 Å². The number of halogens is 3. The molecule has 0 aliphatic heterocycles. The van der Waals surface area contributed by atoms with Crippen LogP contribution in [0, 0.1) is 11.6 Å². The van der Waals surface area contributed by atoms with Gasteiger partial charge in [0.1, 0.15) is 24.0 Å². The Balaban J connectivity index is 2.25. The van der Waals surface area contributed by atoms with Gasteiger partial charge in [-0.05, 0) is 31.2 Å². The minimum atomic E-state index is -0.733. The Bertz CT molecular complexity index is 595. The average molecular weight is 343 g/mol. The molecule has 5 heteroatoms. The zero-order valence-electron chi connectivity index (χ0n) is 10.7. The van der Waals surface area contributed by atoms with E-state index in [1.165, 1.54) is 18.2 Å². The largest absolute Gasteiger partial charge is 0.488 e. The summed E-state index contributed by atoms with van der Waals surface area (Å²) >= 11 is 3.29. The second kappa shape index (κ2) is 6.33. The van der Waals surface area contributed by atoms with Crippen LogP contribution in [-0.4, -0.2) is 5.11 Å². The molecule has 0 amide bonds. The van der Waals surface area contributed by atoms with Crippen molar-refractivity contribution in [3.05, 3.63) is 63.6 Å². The molecule has 2 aromatic carbocycles. The van der Waals surface area contributed by atoms with Crippen molar-refractivity contribution >= 4 is 15.9 Å². The van der Waals surface area contributed by atoms with Crippen LogP contribution in [0.25, 0.3) is 0 Å². The van der Waals surface area contributed by atoms with Crippen LogP contribution >= 0.6 is 15.9 Å². The summed E-state index contributed by atoms with van der Waals surface area (Å²) in [6.45, 7) is 1.36. The van der Waals surface area contributed by atoms with Crippen LogP contribution in [0.3, 0.4) is 0 Å². The van der Waals surface area contributed by atoms with E-state index in [0.29, 0.717) is 11.3 Å². The van der Waals surface area contributed by atoms with Crippen molar-refractivity contribution in [2.45, 2.75) is 19.6 Å². The second-order valence-electron chi connectivity index (χ2n) is 4.35. The van der Waals surface area contributed by atoms with Crippen LogP contribution in [0.2, 0.25) is 0 Å². The highest BCUT2D eigenvalue weighted by atomic mass is 79.9. The Labute approximate surface area is 124 Å². The lowest BCUT2D eigenvalue weighted by Crippen LogP contribution is -2.04. The predicted molar refractivity (Wildman–Crippen MR) is 75.5 cm³/mol. The summed E-state index contributed by atoms with van der Waals surface area (Å²) in [7, 11) is 0. The molecule has 0 aliphatic rings. The lowest BCUT2D eigenvalue weighted by atomic mass is 10.1. The van der Waals surface area contributed by atoms with E-state index in [4.69, 9.17) is 4.74 Å². The number of hydrogen-bond donors (Lipinski definition) is 1. The quantitative estimate of drug-likeness (QED) is 0.894. The van der Waals surface area contributed by atoms with Crippen molar-refractivity contribution < 1.29 is 18.6 Å². The van der Waals surface area contributed by atoms with Gasteiger partial charge in [0, 0.05) is 10.0 Å². The molecule has 2 rings (SSSR count). The molecule has 1 atom stereocenters. The molecule has 0 unspecified atom stereocenters. The van der Waals surface area contributed by atoms with Crippen molar-refractivity contribution in [3.8, 4) is 5.75 Å². The number of hydrogen-bond acceptors (Lipinski definition) is 2. The zero-order chi connectivity index (χ0) is 14.7. The minimum Gasteiger partial charge on any atom is -0.488 e. The zero-order valence-corrected chi connectivity index (χ0v) is 12.3. The van der Waals surface area contributed by atoms with E-state index in [1.807, 2.05) is 0 Å². The van der Waals surface area contributed by atoms with Gasteiger partial charge in [0.25, 0.3) is 0 Å². The maximum Gasteiger partial charge on any atom is 0.132 e. The van der Waals surface area contributed by atoms with Crippen molar-refractivity contribution in [2.24, 2.45) is 0 Å². The van der Waals surface area contributed by atoms with Crippen molar-refractivity contribution in [3.63, 3.8) is 0 Å². The Morgan fingerprint density at radius 3 is 2.45 bits per heavy atom. The van der Waals surface area contributed by atoms with E-state index in [2.05, 4.69) is 15.9 Å². The van der Waals surface area contributed by atoms with Gasteiger partial charge in [-0.15, -0.1) is 0 Å². The number of rotatable bonds is 4. The van der Waals surface area contributed by atoms with Crippen LogP contribution in [0.4, 0.5) is 8.78 Å². The van der Waals surface area contributed by atoms with Gasteiger partial charge in [0.15, 0.2) is 0 Å². The van der Waals surface area contributed by atoms with Crippen LogP contribution in [0.15, 0.2) is 40.9 Å². The molecule has 106 valence electrons. The van der Waals surface area contributed by atoms with Crippen molar-refractivity contribution in [1.82, 2.24) is 0 Å². The highest BCUT2D eigenvalue weighted by Crippen LogP contribution is 2.29. The normalized spacial score (nSPS) is 12.2. The summed E-state index contributed by atoms with van der Waals surface area (Å²) in [5.74, 6) is -0.922. The Kier molecular flexibility index (Phi) is 4.73. The average Bonchev–Trinajstić information content (AvgIpc) is 2.37. The van der Waals surface area contributed by atoms with E-state index in [0.717, 1.165) is 4.47 Å². The molecule has 2 aromatic rings. The molecule has 2 nitrogen and oxygen atoms in total. The highest BCUT2D eigenvalue weighted by Gasteiger charge is 2.13. The Morgan fingerprint density at radius 2 is 1.85 bits per heavy atom. The van der Waals surface area contributed by atoms with E-state index in [9.17, 15) is 13.9 Å². The number of benzene rings is 2. The summed E-state index contributed by atoms with van der Waals surface area (Å²) in [6.07, 6.45) is -0.733. The molecular weight excluding hydrogens is 330 g/mol. The molecule has 1 N–H and O–H groups in total. The van der Waals surface area contributed by atoms with Crippen molar-refractivity contribution in [2.75, 3.05) is 0 Å². The molecule has 0 saturated carbocycles. The SMILES string of the molecule is C[C@H](O)c1ccc(Br)cc1OCc1c(F)cccc1F. The van der Waals surface area contributed by atoms with E-state index >= 15 is 0 Å². The van der Waals surface area contributed by atoms with Gasteiger partial charge in [0.2, 0.25) is 0 Å². The molecule has 0 spiro atoms. The lowest BCUT2D eigenvalue weighted by molar-refractivity contribution is 0.189. The fourth-order valence-corrected chi connectivity index (χ4v) is 2.14. The maximum absolute atomic E-state index is 13.5. The Hall–Kier alpha value is -1.46. The predicted octanol–water partition coefficient (Wildman–Crippen LogP) is 4.36. The third-order valence-corrected chi connectivity index (χ3v) is 3.35. The first-order valence-corrected chi connectivity index (χ1v) is 6.81. The monoisotopic (exact) mass is 342 g/mol. The fourth-order valence-electron chi connectivity index (χ4n) is 1.80. The van der Waals surface area contributed by atoms with E-state index < -0.39 is 17.7 Å². The summed E-state index contributed by atoms with van der Waals surface area (Å²) in [4.78, 5) is 0. The number of aliphatic hydroxyl groups excluding tert-OH is 1. The minimum absolute atomic E-state index is 0.135. The van der Waals surface area contributed by atoms with Gasteiger partial charge in [-0.3, -0.25) is 0 Å². The topological polar surface area (TPSA) is 29.5 Å². The standard InChI is InChI=1S/C15H13BrF2O2/c1-9(19)11-6-5-10(16)7-15(11)20-8-12-13(17)3-2-4-14(12)18/h2-7,9,19H,8H2,1H3/t9-/m0/s1. The van der Waals surface area contributed by atoms with E-state index in [-0.39, 0.29) is 12.2 Å². The van der Waals surface area contributed by atoms with Crippen LogP contribution in [-0.2, 0) is 6.61 Å². The molecule has 20 heavy (non-hydrogen) atoms. The first-order chi connectivity index (χ1) is 9.49. The highest BCUT2D eigenvalue weighted by molar-refractivity contribution is 9.10. The third kappa shape index (κ3) is 3.35. The van der Waals surface area contributed by atoms with Gasteiger partial charge >= 0.3 is 0 Å². The summed E-state index contributed by atoms with van der Waals surface area (Å²) in [6, 6.07) is 8.77. The number of ether oxygens (including phenoxy) is 1. The first kappa shape index (κ1) is 14.9. The molecule has 0 radical (unpaired) electrons. The number of aliphatic hydroxyl groups is 1. The van der Waals surface area contributed by atoms with Crippen LogP contribution in [0.1, 0.15) is 24.2 Å². The van der Waals surface area contributed by atoms with Gasteiger partial charge in [-0.2, -0.15) is 0 Å². The molecule has 0 saturated heterocycles. The van der Waals surface area contributed by atoms with Crippen molar-refractivity contribution in [1.29, 1.82) is 0 Å². The summed E-state index contributed by atoms with van der Waals surface area (Å²) in [5.41, 5.74) is 0.425.